The number of thioether (sulfide) groups is 1. The lowest BCUT2D eigenvalue weighted by molar-refractivity contribution is -0.120. The van der Waals surface area contributed by atoms with Gasteiger partial charge in [0.2, 0.25) is 5.91 Å². The van der Waals surface area contributed by atoms with Gasteiger partial charge in [-0.1, -0.05) is 37.3 Å². The van der Waals surface area contributed by atoms with Crippen LogP contribution in [0.4, 0.5) is 0 Å². The van der Waals surface area contributed by atoms with Crippen LogP contribution in [0.3, 0.4) is 0 Å². The van der Waals surface area contributed by atoms with Crippen LogP contribution in [-0.4, -0.2) is 21.9 Å². The highest BCUT2D eigenvalue weighted by atomic mass is 32.2. The fraction of sp³-hybridized carbons (Fsp3) is 0.375. The maximum atomic E-state index is 11.8. The minimum Gasteiger partial charge on any atom is -0.349 e. The zero-order valence-corrected chi connectivity index (χ0v) is 14.0. The molecule has 1 N–H and O–H groups in total. The molecule has 2 rings (SSSR count). The predicted molar refractivity (Wildman–Crippen MR) is 90.8 cm³/mol. The van der Waals surface area contributed by atoms with E-state index < -0.39 is 0 Å². The largest absolute Gasteiger partial charge is 0.349 e. The van der Waals surface area contributed by atoms with Gasteiger partial charge in [-0.05, 0) is 18.2 Å². The molecule has 3 nitrogen and oxygen atoms in total. The summed E-state index contributed by atoms with van der Waals surface area (Å²) in [7, 11) is 0. The number of nitrogens with zero attached hydrogens (tertiary/aromatic N) is 1. The molecule has 0 aliphatic heterocycles. The zero-order valence-electron chi connectivity index (χ0n) is 12.3. The maximum Gasteiger partial charge on any atom is 0.233 e. The molecular weight excluding hydrogens is 300 g/mol. The monoisotopic (exact) mass is 320 g/mol. The molecule has 2 aromatic rings. The fourth-order valence-corrected chi connectivity index (χ4v) is 3.49. The Bertz CT molecular complexity index is 569. The van der Waals surface area contributed by atoms with Gasteiger partial charge in [-0.25, -0.2) is 4.98 Å². The second-order valence-corrected chi connectivity index (χ2v) is 7.27. The molecule has 0 spiro atoms. The van der Waals surface area contributed by atoms with Crippen molar-refractivity contribution in [1.82, 2.24) is 10.3 Å². The Morgan fingerprint density at radius 1 is 1.38 bits per heavy atom. The van der Waals surface area contributed by atoms with Crippen molar-refractivity contribution in [2.75, 3.05) is 5.75 Å². The summed E-state index contributed by atoms with van der Waals surface area (Å²) >= 11 is 3.30. The van der Waals surface area contributed by atoms with Gasteiger partial charge in [0.25, 0.3) is 0 Å². The van der Waals surface area contributed by atoms with Crippen molar-refractivity contribution in [3.8, 4) is 0 Å². The number of hydrogen-bond donors (Lipinski definition) is 1. The molecule has 112 valence electrons. The highest BCUT2D eigenvalue weighted by molar-refractivity contribution is 8.00. The van der Waals surface area contributed by atoms with E-state index in [-0.39, 0.29) is 11.2 Å². The Kier molecular flexibility index (Phi) is 6.26. The first-order valence-corrected chi connectivity index (χ1v) is 8.98. The maximum absolute atomic E-state index is 11.8. The normalized spacial score (nSPS) is 12.1. The second-order valence-electron chi connectivity index (χ2n) is 4.71. The number of hydrogen-bond acceptors (Lipinski definition) is 4. The van der Waals surface area contributed by atoms with Crippen molar-refractivity contribution >= 4 is 29.0 Å². The van der Waals surface area contributed by atoms with Crippen LogP contribution < -0.4 is 5.32 Å². The number of benzene rings is 1. The van der Waals surface area contributed by atoms with E-state index in [1.165, 1.54) is 5.56 Å². The van der Waals surface area contributed by atoms with Gasteiger partial charge in [0.1, 0.15) is 0 Å². The Morgan fingerprint density at radius 2 is 2.14 bits per heavy atom. The van der Waals surface area contributed by atoms with Crippen LogP contribution in [0.5, 0.6) is 0 Å². The summed E-state index contributed by atoms with van der Waals surface area (Å²) in [5.74, 6) is 1.03. The molecule has 5 heteroatoms. The molecule has 0 unspecified atom stereocenters. The average molecular weight is 320 g/mol. The van der Waals surface area contributed by atoms with Crippen LogP contribution >= 0.6 is 23.1 Å². The summed E-state index contributed by atoms with van der Waals surface area (Å²) in [6, 6.07) is 10.3. The van der Waals surface area contributed by atoms with Crippen molar-refractivity contribution in [3.05, 3.63) is 52.0 Å². The van der Waals surface area contributed by atoms with E-state index in [9.17, 15) is 4.79 Å². The van der Waals surface area contributed by atoms with Gasteiger partial charge in [-0.3, -0.25) is 4.79 Å². The summed E-state index contributed by atoms with van der Waals surface area (Å²) in [4.78, 5) is 16.4. The smallest absolute Gasteiger partial charge is 0.233 e. The van der Waals surface area contributed by atoms with Crippen LogP contribution in [-0.2, 0) is 17.8 Å². The molecule has 21 heavy (non-hydrogen) atoms. The topological polar surface area (TPSA) is 42.0 Å². The van der Waals surface area contributed by atoms with Gasteiger partial charge in [0, 0.05) is 11.8 Å². The SMILES string of the molecule is CCS[C@@H](C)C(=O)NCc1csc(Cc2ccccc2)n1. The first-order chi connectivity index (χ1) is 10.2. The van der Waals surface area contributed by atoms with Crippen LogP contribution in [0.25, 0.3) is 0 Å². The van der Waals surface area contributed by atoms with Gasteiger partial charge in [0.05, 0.1) is 22.5 Å². The minimum absolute atomic E-state index is 0.00238. The number of carbonyl (C=O) groups excluding carboxylic acids is 1. The van der Waals surface area contributed by atoms with E-state index in [2.05, 4.69) is 29.4 Å². The highest BCUT2D eigenvalue weighted by Gasteiger charge is 2.12. The van der Waals surface area contributed by atoms with Crippen molar-refractivity contribution in [2.45, 2.75) is 32.1 Å². The molecule has 0 radical (unpaired) electrons. The Labute approximate surface area is 134 Å². The molecule has 0 aliphatic carbocycles. The van der Waals surface area contributed by atoms with Crippen LogP contribution in [0, 0.1) is 0 Å². The Balaban J connectivity index is 1.84. The Morgan fingerprint density at radius 3 is 2.86 bits per heavy atom. The summed E-state index contributed by atoms with van der Waals surface area (Å²) < 4.78 is 0. The van der Waals surface area contributed by atoms with Gasteiger partial charge < -0.3 is 5.32 Å². The number of nitrogens with one attached hydrogen (secondary N) is 1. The molecule has 1 aromatic carbocycles. The zero-order chi connectivity index (χ0) is 15.1. The van der Waals surface area contributed by atoms with E-state index in [0.717, 1.165) is 22.9 Å². The van der Waals surface area contributed by atoms with Crippen molar-refractivity contribution < 1.29 is 4.79 Å². The Hall–Kier alpha value is -1.33. The first-order valence-electron chi connectivity index (χ1n) is 7.05. The van der Waals surface area contributed by atoms with Gasteiger partial charge >= 0.3 is 0 Å². The van der Waals surface area contributed by atoms with Gasteiger partial charge in [-0.2, -0.15) is 0 Å². The van der Waals surface area contributed by atoms with E-state index in [4.69, 9.17) is 0 Å². The van der Waals surface area contributed by atoms with Crippen LogP contribution in [0.15, 0.2) is 35.7 Å². The van der Waals surface area contributed by atoms with Crippen molar-refractivity contribution in [1.29, 1.82) is 0 Å². The average Bonchev–Trinajstić information content (AvgIpc) is 2.93. The number of carbonyl (C=O) groups is 1. The summed E-state index contributed by atoms with van der Waals surface area (Å²) in [5.41, 5.74) is 2.20. The highest BCUT2D eigenvalue weighted by Crippen LogP contribution is 2.15. The van der Waals surface area contributed by atoms with Crippen molar-refractivity contribution in [2.24, 2.45) is 0 Å². The molecule has 0 bridgehead atoms. The fourth-order valence-electron chi connectivity index (χ4n) is 1.93. The molecule has 1 atom stereocenters. The van der Waals surface area contributed by atoms with Gasteiger partial charge in [-0.15, -0.1) is 23.1 Å². The van der Waals surface area contributed by atoms with E-state index >= 15 is 0 Å². The molecule has 0 aliphatic rings. The standard InChI is InChI=1S/C16H20N2OS2/c1-3-20-12(2)16(19)17-10-14-11-21-15(18-14)9-13-7-5-4-6-8-13/h4-8,11-12H,3,9-10H2,1-2H3,(H,17,19)/t12-/m0/s1. The third kappa shape index (κ3) is 5.17. The quantitative estimate of drug-likeness (QED) is 0.849. The van der Waals surface area contributed by atoms with Crippen molar-refractivity contribution in [3.63, 3.8) is 0 Å². The first kappa shape index (κ1) is 16.0. The third-order valence-corrected chi connectivity index (χ3v) is 4.97. The lowest BCUT2D eigenvalue weighted by Crippen LogP contribution is -2.30. The molecule has 1 amide bonds. The molecular formula is C16H20N2OS2. The molecule has 1 heterocycles. The number of thiazole rings is 1. The summed E-state index contributed by atoms with van der Waals surface area (Å²) in [6.07, 6.45) is 0.849. The molecule has 0 saturated carbocycles. The number of aromatic nitrogens is 1. The van der Waals surface area contributed by atoms with Crippen LogP contribution in [0.2, 0.25) is 0 Å². The lowest BCUT2D eigenvalue weighted by atomic mass is 10.2. The predicted octanol–water partition coefficient (Wildman–Crippen LogP) is 3.49. The molecule has 1 aromatic heterocycles. The molecule has 0 fully saturated rings. The molecule has 0 saturated heterocycles. The summed E-state index contributed by atoms with van der Waals surface area (Å²) in [5, 5.41) is 6.05. The van der Waals surface area contributed by atoms with E-state index in [0.29, 0.717) is 6.54 Å². The summed E-state index contributed by atoms with van der Waals surface area (Å²) in [6.45, 7) is 4.51. The lowest BCUT2D eigenvalue weighted by Gasteiger charge is -2.09. The minimum atomic E-state index is -0.00238. The van der Waals surface area contributed by atoms with E-state index in [1.807, 2.05) is 30.5 Å². The third-order valence-electron chi connectivity index (χ3n) is 3.03. The van der Waals surface area contributed by atoms with Gasteiger partial charge in [0.15, 0.2) is 0 Å². The second kappa shape index (κ2) is 8.20. The number of amides is 1. The van der Waals surface area contributed by atoms with Crippen LogP contribution in [0.1, 0.15) is 30.1 Å². The number of rotatable bonds is 7. The van der Waals surface area contributed by atoms with E-state index in [1.54, 1.807) is 23.1 Å².